The predicted molar refractivity (Wildman–Crippen MR) is 195 cm³/mol. The average molecular weight is 773 g/mol. The number of aliphatic hydroxyl groups excluding tert-OH is 3. The Morgan fingerprint density at radius 3 is 1.80 bits per heavy atom. The number of aliphatic carboxylic acids is 1. The Hall–Kier alpha value is -4.60. The average Bonchev–Trinajstić information content (AvgIpc) is 3.58. The van der Waals surface area contributed by atoms with Crippen LogP contribution in [0.15, 0.2) is 4.99 Å². The molecule has 0 saturated carbocycles. The number of amides is 6. The molecule has 15 N–H and O–H groups in total. The normalized spacial score (nSPS) is 18.0. The maximum atomic E-state index is 13.4. The summed E-state index contributed by atoms with van der Waals surface area (Å²) in [6.07, 6.45) is -0.234. The summed E-state index contributed by atoms with van der Waals surface area (Å²) in [4.78, 5) is 95.8. The lowest BCUT2D eigenvalue weighted by atomic mass is 10.0. The van der Waals surface area contributed by atoms with Crippen molar-refractivity contribution in [2.75, 3.05) is 26.3 Å². The number of hydrogen-bond acceptors (Lipinski definition) is 12. The van der Waals surface area contributed by atoms with Crippen LogP contribution in [0.2, 0.25) is 0 Å². The number of aliphatic imine (C=N–C) groups is 1. The molecule has 0 aromatic rings. The molecule has 8 atom stereocenters. The number of carbonyl (C=O) groups is 7. The van der Waals surface area contributed by atoms with E-state index in [0.717, 1.165) is 6.92 Å². The molecule has 0 aromatic carbocycles. The van der Waals surface area contributed by atoms with Crippen molar-refractivity contribution in [3.05, 3.63) is 0 Å². The predicted octanol–water partition coefficient (Wildman–Crippen LogP) is -4.68. The Balaban J connectivity index is 3.06. The minimum Gasteiger partial charge on any atom is -0.480 e. The van der Waals surface area contributed by atoms with Gasteiger partial charge in [0.1, 0.15) is 36.3 Å². The Morgan fingerprint density at radius 1 is 0.759 bits per heavy atom. The van der Waals surface area contributed by atoms with Crippen molar-refractivity contribution in [2.45, 2.75) is 122 Å². The van der Waals surface area contributed by atoms with Crippen LogP contribution >= 0.6 is 0 Å². The summed E-state index contributed by atoms with van der Waals surface area (Å²) < 4.78 is 0. The molecule has 6 amide bonds. The zero-order valence-corrected chi connectivity index (χ0v) is 31.6. The molecule has 0 bridgehead atoms. The molecular formula is C33H60N10O11. The lowest BCUT2D eigenvalue weighted by Crippen LogP contribution is -2.62. The number of carboxylic acids is 1. The van der Waals surface area contributed by atoms with Crippen LogP contribution < -0.4 is 43.8 Å². The van der Waals surface area contributed by atoms with Crippen molar-refractivity contribution in [1.82, 2.24) is 31.5 Å². The summed E-state index contributed by atoms with van der Waals surface area (Å²) in [5.74, 6) is -6.81. The fraction of sp³-hybridized carbons (Fsp3) is 0.758. The molecule has 1 rings (SSSR count). The molecule has 0 radical (unpaired) electrons. The van der Waals surface area contributed by atoms with Gasteiger partial charge in [-0.1, -0.05) is 27.7 Å². The molecule has 1 heterocycles. The standard InChI is InChI=1S/C33H60N10O11/c1-16(2)12-19(34)31(52)43-11-7-9-24(43)29(50)41-22(14-44)27(48)40-23(15-45)28(49)42-25(18(5)46)30(51)38-20(8-6-10-37-33(35)36)26(47)39-21(32(53)54)13-17(3)4/h16-25,44-46H,6-15,34H2,1-5H3,(H,38,51)(H,39,47)(H,40,48)(H,41,50)(H,42,49)(H,53,54)(H4,35,36,37)/t18-,19+,20+,21+,22+,23+,24+,25+/m1/s1. The molecule has 21 heteroatoms. The summed E-state index contributed by atoms with van der Waals surface area (Å²) >= 11 is 0. The van der Waals surface area contributed by atoms with Crippen LogP contribution in [-0.2, 0) is 33.6 Å². The third-order valence-corrected chi connectivity index (χ3v) is 8.47. The number of nitrogens with two attached hydrogens (primary N) is 3. The molecule has 0 aliphatic carbocycles. The zero-order chi connectivity index (χ0) is 41.3. The Bertz CT molecular complexity index is 1330. The molecule has 54 heavy (non-hydrogen) atoms. The van der Waals surface area contributed by atoms with Crippen LogP contribution in [0.3, 0.4) is 0 Å². The quantitative estimate of drug-likeness (QED) is 0.0264. The topological polar surface area (TPSA) is 354 Å². The van der Waals surface area contributed by atoms with Crippen molar-refractivity contribution < 1.29 is 54.0 Å². The van der Waals surface area contributed by atoms with E-state index >= 15 is 0 Å². The summed E-state index contributed by atoms with van der Waals surface area (Å²) in [5, 5.41) is 51.4. The second kappa shape index (κ2) is 23.2. The zero-order valence-electron chi connectivity index (χ0n) is 31.6. The van der Waals surface area contributed by atoms with Crippen molar-refractivity contribution in [3.63, 3.8) is 0 Å². The lowest BCUT2D eigenvalue weighted by molar-refractivity contribution is -0.143. The second-order valence-corrected chi connectivity index (χ2v) is 14.2. The fourth-order valence-electron chi connectivity index (χ4n) is 5.71. The lowest BCUT2D eigenvalue weighted by Gasteiger charge is -2.29. The smallest absolute Gasteiger partial charge is 0.326 e. The third-order valence-electron chi connectivity index (χ3n) is 8.47. The van der Waals surface area contributed by atoms with Gasteiger partial charge in [-0.2, -0.15) is 0 Å². The van der Waals surface area contributed by atoms with E-state index in [1.807, 2.05) is 13.8 Å². The third kappa shape index (κ3) is 15.8. The van der Waals surface area contributed by atoms with Crippen molar-refractivity contribution >= 4 is 47.4 Å². The summed E-state index contributed by atoms with van der Waals surface area (Å²) in [6, 6.07) is -9.53. The van der Waals surface area contributed by atoms with Gasteiger partial charge >= 0.3 is 5.97 Å². The first-order valence-electron chi connectivity index (χ1n) is 18.0. The van der Waals surface area contributed by atoms with Crippen LogP contribution in [0.4, 0.5) is 0 Å². The van der Waals surface area contributed by atoms with Gasteiger partial charge in [0.05, 0.1) is 25.4 Å². The van der Waals surface area contributed by atoms with E-state index in [4.69, 9.17) is 17.2 Å². The second-order valence-electron chi connectivity index (χ2n) is 14.2. The molecule has 0 aromatic heterocycles. The number of aliphatic hydroxyl groups is 3. The Labute approximate surface area is 314 Å². The number of guanidine groups is 1. The van der Waals surface area contributed by atoms with E-state index in [0.29, 0.717) is 12.8 Å². The van der Waals surface area contributed by atoms with Gasteiger partial charge in [0, 0.05) is 13.1 Å². The first-order valence-corrected chi connectivity index (χ1v) is 18.0. The van der Waals surface area contributed by atoms with Crippen molar-refractivity contribution in [1.29, 1.82) is 0 Å². The Kier molecular flexibility index (Phi) is 20.4. The molecule has 308 valence electrons. The molecule has 1 aliphatic rings. The summed E-state index contributed by atoms with van der Waals surface area (Å²) in [5.41, 5.74) is 16.7. The number of hydrogen-bond donors (Lipinski definition) is 12. The molecule has 0 spiro atoms. The van der Waals surface area contributed by atoms with Gasteiger partial charge in [-0.25, -0.2) is 4.79 Å². The minimum absolute atomic E-state index is 0.0591. The van der Waals surface area contributed by atoms with E-state index in [-0.39, 0.29) is 56.6 Å². The van der Waals surface area contributed by atoms with Gasteiger partial charge in [-0.15, -0.1) is 0 Å². The van der Waals surface area contributed by atoms with Crippen LogP contribution in [0.5, 0.6) is 0 Å². The maximum absolute atomic E-state index is 13.4. The van der Waals surface area contributed by atoms with Gasteiger partial charge in [-0.05, 0) is 57.3 Å². The van der Waals surface area contributed by atoms with E-state index < -0.39 is 103 Å². The van der Waals surface area contributed by atoms with Crippen LogP contribution in [0.25, 0.3) is 0 Å². The van der Waals surface area contributed by atoms with E-state index in [1.165, 1.54) is 4.90 Å². The Morgan fingerprint density at radius 2 is 1.28 bits per heavy atom. The largest absolute Gasteiger partial charge is 0.480 e. The van der Waals surface area contributed by atoms with E-state index in [1.54, 1.807) is 13.8 Å². The minimum atomic E-state index is -1.75. The first-order chi connectivity index (χ1) is 25.2. The van der Waals surface area contributed by atoms with Crippen LogP contribution in [-0.4, -0.2) is 147 Å². The highest BCUT2D eigenvalue weighted by molar-refractivity contribution is 5.97. The summed E-state index contributed by atoms with van der Waals surface area (Å²) in [6.45, 7) is 6.86. The molecule has 21 nitrogen and oxygen atoms in total. The number of nitrogens with one attached hydrogen (secondary N) is 5. The van der Waals surface area contributed by atoms with Gasteiger partial charge in [0.2, 0.25) is 35.4 Å². The van der Waals surface area contributed by atoms with Gasteiger partial charge < -0.3 is 69.1 Å². The molecule has 0 unspecified atom stereocenters. The van der Waals surface area contributed by atoms with Crippen molar-refractivity contribution in [2.24, 2.45) is 34.0 Å². The monoisotopic (exact) mass is 772 g/mol. The summed E-state index contributed by atoms with van der Waals surface area (Å²) in [7, 11) is 0. The SMILES string of the molecule is CC(C)C[C@H](NC(=O)[C@H](CCCN=C(N)N)NC(=O)[C@@H](NC(=O)[C@H](CO)NC(=O)[C@H](CO)NC(=O)[C@@H]1CCCN1C(=O)[C@@H](N)CC(C)C)[C@@H](C)O)C(=O)O. The highest BCUT2D eigenvalue weighted by Crippen LogP contribution is 2.20. The van der Waals surface area contributed by atoms with Gasteiger partial charge in [0.15, 0.2) is 5.96 Å². The van der Waals surface area contributed by atoms with Crippen LogP contribution in [0, 0.1) is 11.8 Å². The highest BCUT2D eigenvalue weighted by Gasteiger charge is 2.39. The molecule has 1 aliphatic heterocycles. The van der Waals surface area contributed by atoms with Gasteiger partial charge in [0.25, 0.3) is 0 Å². The van der Waals surface area contributed by atoms with E-state index in [2.05, 4.69) is 31.6 Å². The number of likely N-dealkylation sites (tertiary alicyclic amines) is 1. The van der Waals surface area contributed by atoms with Gasteiger partial charge in [-0.3, -0.25) is 33.8 Å². The number of carboxylic acid groups (broad SMARTS) is 1. The maximum Gasteiger partial charge on any atom is 0.326 e. The highest BCUT2D eigenvalue weighted by atomic mass is 16.4. The number of carbonyl (C=O) groups excluding carboxylic acids is 6. The molecular weight excluding hydrogens is 712 g/mol. The molecule has 1 saturated heterocycles. The van der Waals surface area contributed by atoms with E-state index in [9.17, 15) is 54.0 Å². The fourth-order valence-corrected chi connectivity index (χ4v) is 5.71. The number of nitrogens with zero attached hydrogens (tertiary/aromatic N) is 2. The first kappa shape index (κ1) is 47.4. The molecule has 1 fully saturated rings. The van der Waals surface area contributed by atoms with Crippen molar-refractivity contribution in [3.8, 4) is 0 Å². The number of rotatable bonds is 23. The van der Waals surface area contributed by atoms with Crippen LogP contribution in [0.1, 0.15) is 73.1 Å².